The Morgan fingerprint density at radius 3 is 2.85 bits per heavy atom. The third-order valence-corrected chi connectivity index (χ3v) is 5.45. The van der Waals surface area contributed by atoms with Crippen LogP contribution in [0, 0.1) is 5.92 Å². The predicted molar refractivity (Wildman–Crippen MR) is 102 cm³/mol. The van der Waals surface area contributed by atoms with Crippen molar-refractivity contribution in [2.45, 2.75) is 25.9 Å². The van der Waals surface area contributed by atoms with Gasteiger partial charge >= 0.3 is 6.03 Å². The molecule has 140 valence electrons. The van der Waals surface area contributed by atoms with Crippen molar-refractivity contribution < 1.29 is 9.59 Å². The highest BCUT2D eigenvalue weighted by Crippen LogP contribution is 2.23. The molecule has 1 aromatic heterocycles. The number of nitrogens with zero attached hydrogens (tertiary/aromatic N) is 3. The average Bonchev–Trinajstić information content (AvgIpc) is 3.26. The number of fused-ring (bicyclic) bond motifs is 1. The van der Waals surface area contributed by atoms with Gasteiger partial charge in [0.2, 0.25) is 0 Å². The maximum absolute atomic E-state index is 12.5. The summed E-state index contributed by atoms with van der Waals surface area (Å²) in [5.41, 5.74) is 4.03. The van der Waals surface area contributed by atoms with E-state index in [0.29, 0.717) is 19.0 Å². The van der Waals surface area contributed by atoms with Gasteiger partial charge in [-0.2, -0.15) is 0 Å². The number of hydrogen-bond acceptors (Lipinski definition) is 3. The van der Waals surface area contributed by atoms with Gasteiger partial charge in [-0.15, -0.1) is 0 Å². The van der Waals surface area contributed by atoms with Crippen molar-refractivity contribution in [2.24, 2.45) is 5.92 Å². The van der Waals surface area contributed by atoms with Crippen LogP contribution in [0.3, 0.4) is 0 Å². The summed E-state index contributed by atoms with van der Waals surface area (Å²) in [4.78, 5) is 32.2. The largest absolute Gasteiger partial charge is 0.337 e. The molecule has 1 fully saturated rings. The van der Waals surface area contributed by atoms with E-state index in [0.717, 1.165) is 42.6 Å². The van der Waals surface area contributed by atoms with Gasteiger partial charge in [-0.3, -0.25) is 9.78 Å². The summed E-state index contributed by atoms with van der Waals surface area (Å²) in [6, 6.07) is 9.92. The van der Waals surface area contributed by atoms with Crippen LogP contribution in [0.2, 0.25) is 0 Å². The van der Waals surface area contributed by atoms with Gasteiger partial charge in [0.05, 0.1) is 0 Å². The van der Waals surface area contributed by atoms with Crippen molar-refractivity contribution in [3.05, 3.63) is 65.0 Å². The molecule has 2 aliphatic heterocycles. The van der Waals surface area contributed by atoms with Crippen molar-refractivity contribution in [3.63, 3.8) is 0 Å². The minimum atomic E-state index is -0.0313. The second-order valence-corrected chi connectivity index (χ2v) is 7.47. The standard InChI is InChI=1S/C21H24N4O2/c1-24-14-18-3-2-16(11-19(18)20(24)26)12-23-21(27)25-9-6-17(13-25)10-15-4-7-22-8-5-15/h2-5,7-8,11,17H,6,9-10,12-14H2,1H3,(H,23,27). The number of carbonyl (C=O) groups excluding carboxylic acids is 2. The molecule has 4 rings (SSSR count). The first kappa shape index (κ1) is 17.5. The van der Waals surface area contributed by atoms with Crippen molar-refractivity contribution in [2.75, 3.05) is 20.1 Å². The van der Waals surface area contributed by atoms with Gasteiger partial charge in [-0.1, -0.05) is 12.1 Å². The predicted octanol–water partition coefficient (Wildman–Crippen LogP) is 2.44. The molecule has 2 aromatic rings. The second kappa shape index (κ2) is 7.39. The molecular formula is C21H24N4O2. The van der Waals surface area contributed by atoms with Crippen molar-refractivity contribution in [1.82, 2.24) is 20.1 Å². The maximum Gasteiger partial charge on any atom is 0.317 e. The topological polar surface area (TPSA) is 65.5 Å². The molecule has 3 amide bonds. The van der Waals surface area contributed by atoms with Crippen LogP contribution in [0.5, 0.6) is 0 Å². The number of pyridine rings is 1. The van der Waals surface area contributed by atoms with E-state index >= 15 is 0 Å². The molecular weight excluding hydrogens is 340 g/mol. The van der Waals surface area contributed by atoms with E-state index in [1.54, 1.807) is 11.9 Å². The molecule has 1 unspecified atom stereocenters. The molecule has 1 atom stereocenters. The maximum atomic E-state index is 12.5. The van der Waals surface area contributed by atoms with E-state index in [4.69, 9.17) is 0 Å². The van der Waals surface area contributed by atoms with Gasteiger partial charge in [-0.05, 0) is 53.6 Å². The SMILES string of the molecule is CN1Cc2ccc(CNC(=O)N3CCC(Cc4ccncc4)C3)cc2C1=O. The smallest absolute Gasteiger partial charge is 0.317 e. The van der Waals surface area contributed by atoms with E-state index in [9.17, 15) is 9.59 Å². The van der Waals surface area contributed by atoms with E-state index in [1.807, 2.05) is 47.6 Å². The Bertz CT molecular complexity index is 853. The van der Waals surface area contributed by atoms with E-state index in [1.165, 1.54) is 5.56 Å². The molecule has 0 saturated carbocycles. The lowest BCUT2D eigenvalue weighted by Crippen LogP contribution is -2.38. The number of carbonyl (C=O) groups is 2. The summed E-state index contributed by atoms with van der Waals surface area (Å²) in [5, 5.41) is 2.99. The highest BCUT2D eigenvalue weighted by atomic mass is 16.2. The summed E-state index contributed by atoms with van der Waals surface area (Å²) in [6.45, 7) is 2.67. The summed E-state index contributed by atoms with van der Waals surface area (Å²) in [6.07, 6.45) is 5.63. The van der Waals surface area contributed by atoms with Gasteiger partial charge in [0.1, 0.15) is 0 Å². The summed E-state index contributed by atoms with van der Waals surface area (Å²) < 4.78 is 0. The van der Waals surface area contributed by atoms with Crippen molar-refractivity contribution in [3.8, 4) is 0 Å². The van der Waals surface area contributed by atoms with Gasteiger partial charge in [-0.25, -0.2) is 4.79 Å². The first-order valence-corrected chi connectivity index (χ1v) is 9.39. The Kier molecular flexibility index (Phi) is 4.79. The van der Waals surface area contributed by atoms with Crippen LogP contribution in [0.4, 0.5) is 4.79 Å². The first-order chi connectivity index (χ1) is 13.1. The number of nitrogens with one attached hydrogen (secondary N) is 1. The molecule has 0 radical (unpaired) electrons. The summed E-state index contributed by atoms with van der Waals surface area (Å²) in [7, 11) is 1.81. The number of likely N-dealkylation sites (tertiary alicyclic amines) is 1. The molecule has 0 bridgehead atoms. The molecule has 0 aliphatic carbocycles. The van der Waals surface area contributed by atoms with Crippen LogP contribution in [-0.4, -0.2) is 46.9 Å². The number of aromatic nitrogens is 1. The highest BCUT2D eigenvalue weighted by molar-refractivity contribution is 5.98. The van der Waals surface area contributed by atoms with Crippen LogP contribution >= 0.6 is 0 Å². The number of hydrogen-bond donors (Lipinski definition) is 1. The normalized spacial score (nSPS) is 18.7. The zero-order valence-electron chi connectivity index (χ0n) is 15.5. The molecule has 1 N–H and O–H groups in total. The molecule has 2 aliphatic rings. The van der Waals surface area contributed by atoms with Gasteiger partial charge < -0.3 is 15.1 Å². The Labute approximate surface area is 159 Å². The zero-order valence-corrected chi connectivity index (χ0v) is 15.5. The lowest BCUT2D eigenvalue weighted by molar-refractivity contribution is 0.0816. The fourth-order valence-corrected chi connectivity index (χ4v) is 3.93. The lowest BCUT2D eigenvalue weighted by Gasteiger charge is -2.17. The zero-order chi connectivity index (χ0) is 18.8. The Hall–Kier alpha value is -2.89. The number of urea groups is 1. The fraction of sp³-hybridized carbons (Fsp3) is 0.381. The van der Waals surface area contributed by atoms with Crippen LogP contribution in [0.15, 0.2) is 42.7 Å². The quantitative estimate of drug-likeness (QED) is 0.906. The second-order valence-electron chi connectivity index (χ2n) is 7.47. The molecule has 6 heteroatoms. The summed E-state index contributed by atoms with van der Waals surface area (Å²) in [5.74, 6) is 0.544. The minimum Gasteiger partial charge on any atom is -0.337 e. The molecule has 3 heterocycles. The van der Waals surface area contributed by atoms with Gasteiger partial charge in [0.25, 0.3) is 5.91 Å². The Morgan fingerprint density at radius 1 is 1.22 bits per heavy atom. The van der Waals surface area contributed by atoms with Crippen LogP contribution in [-0.2, 0) is 19.5 Å². The molecule has 6 nitrogen and oxygen atoms in total. The number of benzene rings is 1. The Morgan fingerprint density at radius 2 is 2.04 bits per heavy atom. The average molecular weight is 364 g/mol. The first-order valence-electron chi connectivity index (χ1n) is 9.39. The molecule has 1 saturated heterocycles. The molecule has 0 spiro atoms. The summed E-state index contributed by atoms with van der Waals surface area (Å²) >= 11 is 0. The van der Waals surface area contributed by atoms with Crippen molar-refractivity contribution in [1.29, 1.82) is 0 Å². The van der Waals surface area contributed by atoms with Crippen LogP contribution < -0.4 is 5.32 Å². The third-order valence-electron chi connectivity index (χ3n) is 5.45. The van der Waals surface area contributed by atoms with Gasteiger partial charge in [0, 0.05) is 51.2 Å². The van der Waals surface area contributed by atoms with E-state index in [2.05, 4.69) is 10.3 Å². The minimum absolute atomic E-state index is 0.0313. The monoisotopic (exact) mass is 364 g/mol. The van der Waals surface area contributed by atoms with E-state index < -0.39 is 0 Å². The lowest BCUT2D eigenvalue weighted by atomic mass is 10.00. The van der Waals surface area contributed by atoms with Gasteiger partial charge in [0.15, 0.2) is 0 Å². The third kappa shape index (κ3) is 3.79. The fourth-order valence-electron chi connectivity index (χ4n) is 3.93. The molecule has 27 heavy (non-hydrogen) atoms. The highest BCUT2D eigenvalue weighted by Gasteiger charge is 2.27. The number of rotatable bonds is 4. The molecule has 1 aromatic carbocycles. The number of amides is 3. The van der Waals surface area contributed by atoms with Crippen molar-refractivity contribution >= 4 is 11.9 Å². The Balaban J connectivity index is 1.30. The van der Waals surface area contributed by atoms with Crippen LogP contribution in [0.1, 0.15) is 33.5 Å². The van der Waals surface area contributed by atoms with Crippen LogP contribution in [0.25, 0.3) is 0 Å². The van der Waals surface area contributed by atoms with E-state index in [-0.39, 0.29) is 11.9 Å².